The van der Waals surface area contributed by atoms with E-state index in [-0.39, 0.29) is 11.5 Å². The first kappa shape index (κ1) is 13.3. The Kier molecular flexibility index (Phi) is 3.41. The van der Waals surface area contributed by atoms with Crippen LogP contribution in [0.3, 0.4) is 0 Å². The van der Waals surface area contributed by atoms with Crippen LogP contribution in [0.1, 0.15) is 43.1 Å². The van der Waals surface area contributed by atoms with Crippen molar-refractivity contribution in [3.05, 3.63) is 5.69 Å². The van der Waals surface area contributed by atoms with Crippen LogP contribution in [0, 0.1) is 5.41 Å². The summed E-state index contributed by atoms with van der Waals surface area (Å²) in [7, 11) is 0. The highest BCUT2D eigenvalue weighted by atomic mass is 16.6. The molecule has 0 aromatic carbocycles. The number of hydrogen-bond donors (Lipinski definition) is 3. The predicted molar refractivity (Wildman–Crippen MR) is 64.2 cm³/mol. The number of hydrogen-bond acceptors (Lipinski definition) is 6. The number of aromatic nitrogens is 2. The van der Waals surface area contributed by atoms with Crippen molar-refractivity contribution in [1.29, 1.82) is 0 Å². The molecule has 1 amide bonds. The van der Waals surface area contributed by atoms with E-state index in [4.69, 9.17) is 5.73 Å². The van der Waals surface area contributed by atoms with Gasteiger partial charge in [0.2, 0.25) is 11.5 Å². The van der Waals surface area contributed by atoms with E-state index in [0.717, 1.165) is 12.8 Å². The van der Waals surface area contributed by atoms with E-state index in [1.165, 1.54) is 0 Å². The monoisotopic (exact) mass is 268 g/mol. The largest absolute Gasteiger partial charge is 0.481 e. The minimum absolute atomic E-state index is 0.106. The van der Waals surface area contributed by atoms with Gasteiger partial charge in [-0.3, -0.25) is 9.59 Å². The molecule has 1 heterocycles. The lowest BCUT2D eigenvalue weighted by Crippen LogP contribution is -2.52. The summed E-state index contributed by atoms with van der Waals surface area (Å²) in [5.41, 5.74) is 4.34. The Morgan fingerprint density at radius 3 is 2.79 bits per heavy atom. The van der Waals surface area contributed by atoms with E-state index in [1.54, 1.807) is 6.92 Å². The summed E-state index contributed by atoms with van der Waals surface area (Å²) < 4.78 is 4.35. The van der Waals surface area contributed by atoms with Crippen LogP contribution in [-0.2, 0) is 4.79 Å². The first-order valence-corrected chi connectivity index (χ1v) is 6.07. The normalized spacial score (nSPS) is 26.9. The Morgan fingerprint density at radius 1 is 1.47 bits per heavy atom. The lowest BCUT2D eigenvalue weighted by atomic mass is 9.71. The van der Waals surface area contributed by atoms with E-state index in [1.807, 2.05) is 0 Å². The first-order valence-electron chi connectivity index (χ1n) is 6.07. The van der Waals surface area contributed by atoms with Gasteiger partial charge < -0.3 is 16.2 Å². The molecule has 0 saturated heterocycles. The van der Waals surface area contributed by atoms with E-state index in [2.05, 4.69) is 20.3 Å². The molecule has 19 heavy (non-hydrogen) atoms. The maximum absolute atomic E-state index is 12.0. The lowest BCUT2D eigenvalue weighted by Gasteiger charge is -2.38. The molecule has 1 aromatic rings. The molecule has 2 unspecified atom stereocenters. The highest BCUT2D eigenvalue weighted by Crippen LogP contribution is 2.36. The molecule has 0 radical (unpaired) electrons. The van der Waals surface area contributed by atoms with Crippen molar-refractivity contribution < 1.29 is 19.3 Å². The highest BCUT2D eigenvalue weighted by molar-refractivity contribution is 5.96. The Labute approximate surface area is 109 Å². The molecular formula is C11H16N4O4. The second-order valence-electron chi connectivity index (χ2n) is 4.99. The molecule has 0 spiro atoms. The number of anilines is 1. The van der Waals surface area contributed by atoms with Gasteiger partial charge in [-0.25, -0.2) is 4.63 Å². The van der Waals surface area contributed by atoms with Gasteiger partial charge in [0.05, 0.1) is 5.41 Å². The van der Waals surface area contributed by atoms with Crippen LogP contribution >= 0.6 is 0 Å². The van der Waals surface area contributed by atoms with E-state index >= 15 is 0 Å². The van der Waals surface area contributed by atoms with Crippen molar-refractivity contribution in [1.82, 2.24) is 15.6 Å². The van der Waals surface area contributed by atoms with Gasteiger partial charge in [-0.1, -0.05) is 12.8 Å². The molecular weight excluding hydrogens is 252 g/mol. The quantitative estimate of drug-likeness (QED) is 0.723. The number of nitrogens with two attached hydrogens (primary N) is 1. The van der Waals surface area contributed by atoms with Gasteiger partial charge in [0, 0.05) is 6.04 Å². The van der Waals surface area contributed by atoms with Gasteiger partial charge in [0.25, 0.3) is 5.91 Å². The molecule has 0 bridgehead atoms. The number of carboxylic acid groups (broad SMARTS) is 1. The number of carbonyl (C=O) groups is 2. The van der Waals surface area contributed by atoms with Crippen LogP contribution < -0.4 is 11.1 Å². The lowest BCUT2D eigenvalue weighted by molar-refractivity contribution is -0.151. The molecule has 2 rings (SSSR count). The van der Waals surface area contributed by atoms with Gasteiger partial charge in [-0.15, -0.1) is 0 Å². The standard InChI is InChI=1S/C11H16N4O4/c1-11(10(17)18)5-3-2-4-6(11)13-9(16)7-8(12)15-19-14-7/h6H,2-5H2,1H3,(H2,12,15)(H,13,16)(H,17,18). The predicted octanol–water partition coefficient (Wildman–Crippen LogP) is 0.415. The molecule has 1 fully saturated rings. The summed E-state index contributed by atoms with van der Waals surface area (Å²) in [6.45, 7) is 1.64. The number of nitrogens with one attached hydrogen (secondary N) is 1. The number of carboxylic acids is 1. The topological polar surface area (TPSA) is 131 Å². The number of carbonyl (C=O) groups excluding carboxylic acids is 1. The van der Waals surface area contributed by atoms with Crippen molar-refractivity contribution in [2.24, 2.45) is 5.41 Å². The third kappa shape index (κ3) is 2.38. The Bertz CT molecular complexity index is 501. The van der Waals surface area contributed by atoms with Crippen molar-refractivity contribution in [2.45, 2.75) is 38.6 Å². The van der Waals surface area contributed by atoms with Crippen LogP contribution in [0.5, 0.6) is 0 Å². The van der Waals surface area contributed by atoms with Gasteiger partial charge in [-0.2, -0.15) is 0 Å². The molecule has 4 N–H and O–H groups in total. The average molecular weight is 268 g/mol. The maximum atomic E-state index is 12.0. The van der Waals surface area contributed by atoms with Crippen LogP contribution in [0.25, 0.3) is 0 Å². The van der Waals surface area contributed by atoms with Crippen LogP contribution in [0.15, 0.2) is 4.63 Å². The third-order valence-corrected chi connectivity index (χ3v) is 3.73. The second-order valence-corrected chi connectivity index (χ2v) is 4.99. The fourth-order valence-corrected chi connectivity index (χ4v) is 2.40. The molecule has 1 saturated carbocycles. The summed E-state index contributed by atoms with van der Waals surface area (Å²) in [4.78, 5) is 23.4. The summed E-state index contributed by atoms with van der Waals surface area (Å²) in [5.74, 6) is -1.58. The molecule has 8 heteroatoms. The zero-order valence-corrected chi connectivity index (χ0v) is 10.5. The van der Waals surface area contributed by atoms with E-state index in [0.29, 0.717) is 12.8 Å². The summed E-state index contributed by atoms with van der Waals surface area (Å²) in [6.07, 6.45) is 2.85. The maximum Gasteiger partial charge on any atom is 0.311 e. The molecule has 0 aliphatic heterocycles. The molecule has 2 atom stereocenters. The van der Waals surface area contributed by atoms with Crippen LogP contribution in [-0.4, -0.2) is 33.3 Å². The van der Waals surface area contributed by atoms with E-state index < -0.39 is 23.3 Å². The number of nitrogen functional groups attached to an aromatic ring is 1. The third-order valence-electron chi connectivity index (χ3n) is 3.73. The molecule has 1 aromatic heterocycles. The van der Waals surface area contributed by atoms with Gasteiger partial charge in [-0.05, 0) is 30.1 Å². The van der Waals surface area contributed by atoms with Crippen molar-refractivity contribution in [3.63, 3.8) is 0 Å². The summed E-state index contributed by atoms with van der Waals surface area (Å²) >= 11 is 0. The number of nitrogens with zero attached hydrogens (tertiary/aromatic N) is 2. The Balaban J connectivity index is 2.15. The number of amides is 1. The Hall–Kier alpha value is -2.12. The fraction of sp³-hybridized carbons (Fsp3) is 0.636. The first-order chi connectivity index (χ1) is 8.95. The number of rotatable bonds is 3. The SMILES string of the molecule is CC1(C(=O)O)CCCCC1NC(=O)c1nonc1N. The zero-order valence-electron chi connectivity index (χ0n) is 10.5. The van der Waals surface area contributed by atoms with Crippen LogP contribution in [0.2, 0.25) is 0 Å². The minimum atomic E-state index is -0.972. The zero-order chi connectivity index (χ0) is 14.0. The Morgan fingerprint density at radius 2 is 2.21 bits per heavy atom. The minimum Gasteiger partial charge on any atom is -0.481 e. The fourth-order valence-electron chi connectivity index (χ4n) is 2.40. The summed E-state index contributed by atoms with van der Waals surface area (Å²) in [6, 6.07) is -0.456. The van der Waals surface area contributed by atoms with Gasteiger partial charge in [0.1, 0.15) is 0 Å². The molecule has 1 aliphatic carbocycles. The van der Waals surface area contributed by atoms with Crippen molar-refractivity contribution in [2.75, 3.05) is 5.73 Å². The molecule has 8 nitrogen and oxygen atoms in total. The molecule has 1 aliphatic rings. The van der Waals surface area contributed by atoms with Crippen molar-refractivity contribution in [3.8, 4) is 0 Å². The second kappa shape index (κ2) is 4.87. The average Bonchev–Trinajstić information content (AvgIpc) is 2.78. The van der Waals surface area contributed by atoms with Gasteiger partial charge in [0.15, 0.2) is 0 Å². The molecule has 104 valence electrons. The summed E-state index contributed by atoms with van der Waals surface area (Å²) in [5, 5.41) is 18.7. The number of aliphatic carboxylic acids is 1. The van der Waals surface area contributed by atoms with Gasteiger partial charge >= 0.3 is 5.97 Å². The smallest absolute Gasteiger partial charge is 0.311 e. The van der Waals surface area contributed by atoms with E-state index in [9.17, 15) is 14.7 Å². The highest BCUT2D eigenvalue weighted by Gasteiger charge is 2.44. The van der Waals surface area contributed by atoms with Crippen LogP contribution in [0.4, 0.5) is 5.82 Å². The van der Waals surface area contributed by atoms with Crippen molar-refractivity contribution >= 4 is 17.7 Å².